The van der Waals surface area contributed by atoms with Gasteiger partial charge in [-0.1, -0.05) is 58.9 Å². The number of amides is 1. The lowest BCUT2D eigenvalue weighted by atomic mass is 9.78. The molecule has 1 amide bonds. The molecule has 0 radical (unpaired) electrons. The first-order valence-electron chi connectivity index (χ1n) is 6.02. The number of carbonyl (C=O) groups excluding carboxylic acids is 1. The van der Waals surface area contributed by atoms with Crippen LogP contribution in [-0.4, -0.2) is 5.91 Å². The number of carbonyl (C=O) groups is 1. The maximum atomic E-state index is 11.1. The molecule has 2 N–H and O–H groups in total. The topological polar surface area (TPSA) is 43.1 Å². The second kappa shape index (κ2) is 4.52. The van der Waals surface area contributed by atoms with Gasteiger partial charge in [-0.2, -0.15) is 0 Å². The molecule has 0 aliphatic heterocycles. The minimum Gasteiger partial charge on any atom is -0.370 e. The second-order valence-corrected chi connectivity index (χ2v) is 6.36. The van der Waals surface area contributed by atoms with E-state index in [-0.39, 0.29) is 16.7 Å². The van der Waals surface area contributed by atoms with Crippen LogP contribution in [-0.2, 0) is 15.6 Å². The Morgan fingerprint density at radius 3 is 2.12 bits per heavy atom. The van der Waals surface area contributed by atoms with Crippen LogP contribution in [0.3, 0.4) is 0 Å². The van der Waals surface area contributed by atoms with Gasteiger partial charge in [-0.3, -0.25) is 4.79 Å². The van der Waals surface area contributed by atoms with E-state index in [4.69, 9.17) is 5.73 Å². The lowest BCUT2D eigenvalue weighted by Crippen LogP contribution is -2.26. The molecule has 1 aromatic rings. The molecule has 2 nitrogen and oxygen atoms in total. The first-order valence-corrected chi connectivity index (χ1v) is 6.02. The molecule has 0 saturated heterocycles. The van der Waals surface area contributed by atoms with Crippen molar-refractivity contribution in [2.45, 2.75) is 51.9 Å². The Labute approximate surface area is 104 Å². The van der Waals surface area contributed by atoms with Gasteiger partial charge in [-0.15, -0.1) is 0 Å². The Kier molecular flexibility index (Phi) is 3.65. The zero-order chi connectivity index (χ0) is 13.3. The zero-order valence-electron chi connectivity index (χ0n) is 11.5. The van der Waals surface area contributed by atoms with Crippen molar-refractivity contribution < 1.29 is 4.79 Å². The normalized spacial score (nSPS) is 12.5. The SMILES string of the molecule is CC(C)(C)c1cccc(C(C)(C)CC(N)=O)c1. The largest absolute Gasteiger partial charge is 0.370 e. The number of benzene rings is 1. The average molecular weight is 233 g/mol. The predicted octanol–water partition coefficient (Wildman–Crippen LogP) is 3.14. The molecule has 0 bridgehead atoms. The van der Waals surface area contributed by atoms with Crippen molar-refractivity contribution in [1.29, 1.82) is 0 Å². The standard InChI is InChI=1S/C15H23NO/c1-14(2,3)11-7-6-8-12(9-11)15(4,5)10-13(16)17/h6-9H,10H2,1-5H3,(H2,16,17). The van der Waals surface area contributed by atoms with Gasteiger partial charge < -0.3 is 5.73 Å². The summed E-state index contributed by atoms with van der Waals surface area (Å²) < 4.78 is 0. The van der Waals surface area contributed by atoms with Crippen LogP contribution in [0.5, 0.6) is 0 Å². The van der Waals surface area contributed by atoms with E-state index in [1.807, 2.05) is 0 Å². The minimum absolute atomic E-state index is 0.124. The quantitative estimate of drug-likeness (QED) is 0.856. The summed E-state index contributed by atoms with van der Waals surface area (Å²) in [4.78, 5) is 11.1. The third kappa shape index (κ3) is 3.58. The van der Waals surface area contributed by atoms with Crippen molar-refractivity contribution in [2.75, 3.05) is 0 Å². The van der Waals surface area contributed by atoms with Crippen LogP contribution in [0.15, 0.2) is 24.3 Å². The van der Waals surface area contributed by atoms with Crippen molar-refractivity contribution in [3.8, 4) is 0 Å². The maximum absolute atomic E-state index is 11.1. The highest BCUT2D eigenvalue weighted by Gasteiger charge is 2.24. The van der Waals surface area contributed by atoms with Crippen molar-refractivity contribution >= 4 is 5.91 Å². The molecular weight excluding hydrogens is 210 g/mol. The first-order chi connectivity index (χ1) is 7.63. The fraction of sp³-hybridized carbons (Fsp3) is 0.533. The fourth-order valence-electron chi connectivity index (χ4n) is 1.94. The summed E-state index contributed by atoms with van der Waals surface area (Å²) in [7, 11) is 0. The molecule has 94 valence electrons. The summed E-state index contributed by atoms with van der Waals surface area (Å²) in [5.41, 5.74) is 7.68. The van der Waals surface area contributed by atoms with Gasteiger partial charge in [0.2, 0.25) is 5.91 Å². The van der Waals surface area contributed by atoms with E-state index in [9.17, 15) is 4.79 Å². The molecule has 0 saturated carbocycles. The Morgan fingerprint density at radius 2 is 1.65 bits per heavy atom. The lowest BCUT2D eigenvalue weighted by Gasteiger charge is -2.27. The molecule has 0 heterocycles. The highest BCUT2D eigenvalue weighted by Crippen LogP contribution is 2.30. The monoisotopic (exact) mass is 233 g/mol. The molecule has 1 rings (SSSR count). The van der Waals surface area contributed by atoms with Crippen LogP contribution in [0.4, 0.5) is 0 Å². The Bertz CT molecular complexity index is 413. The summed E-state index contributed by atoms with van der Waals surface area (Å²) in [6.45, 7) is 10.7. The van der Waals surface area contributed by atoms with Crippen LogP contribution in [0.25, 0.3) is 0 Å². The highest BCUT2D eigenvalue weighted by atomic mass is 16.1. The third-order valence-corrected chi connectivity index (χ3v) is 3.13. The average Bonchev–Trinajstić information content (AvgIpc) is 2.14. The van der Waals surface area contributed by atoms with Gasteiger partial charge in [0.25, 0.3) is 0 Å². The number of nitrogens with two attached hydrogens (primary N) is 1. The van der Waals surface area contributed by atoms with E-state index in [0.717, 1.165) is 0 Å². The van der Waals surface area contributed by atoms with E-state index in [1.54, 1.807) is 0 Å². The molecule has 0 atom stereocenters. The van der Waals surface area contributed by atoms with E-state index in [2.05, 4.69) is 58.9 Å². The summed E-state index contributed by atoms with van der Waals surface area (Å²) >= 11 is 0. The summed E-state index contributed by atoms with van der Waals surface area (Å²) in [6.07, 6.45) is 0.376. The van der Waals surface area contributed by atoms with Gasteiger partial charge in [0, 0.05) is 6.42 Å². The third-order valence-electron chi connectivity index (χ3n) is 3.13. The summed E-state index contributed by atoms with van der Waals surface area (Å²) in [5.74, 6) is -0.254. The summed E-state index contributed by atoms with van der Waals surface area (Å²) in [5, 5.41) is 0. The van der Waals surface area contributed by atoms with E-state index < -0.39 is 0 Å². The van der Waals surface area contributed by atoms with Crippen molar-refractivity contribution in [3.63, 3.8) is 0 Å². The summed E-state index contributed by atoms with van der Waals surface area (Å²) in [6, 6.07) is 8.43. The van der Waals surface area contributed by atoms with Gasteiger partial charge in [0.1, 0.15) is 0 Å². The number of rotatable bonds is 3. The maximum Gasteiger partial charge on any atom is 0.218 e. The molecule has 17 heavy (non-hydrogen) atoms. The lowest BCUT2D eigenvalue weighted by molar-refractivity contribution is -0.119. The smallest absolute Gasteiger partial charge is 0.218 e. The van der Waals surface area contributed by atoms with Crippen molar-refractivity contribution in [2.24, 2.45) is 5.73 Å². The van der Waals surface area contributed by atoms with Crippen LogP contribution in [0.1, 0.15) is 52.2 Å². The molecular formula is C15H23NO. The van der Waals surface area contributed by atoms with E-state index in [1.165, 1.54) is 11.1 Å². The molecule has 0 aliphatic rings. The minimum atomic E-state index is -0.254. The van der Waals surface area contributed by atoms with Crippen LogP contribution in [0.2, 0.25) is 0 Å². The molecule has 0 unspecified atom stereocenters. The molecule has 0 spiro atoms. The van der Waals surface area contributed by atoms with Gasteiger partial charge in [-0.25, -0.2) is 0 Å². The second-order valence-electron chi connectivity index (χ2n) is 6.36. The Morgan fingerprint density at radius 1 is 1.12 bits per heavy atom. The van der Waals surface area contributed by atoms with Gasteiger partial charge >= 0.3 is 0 Å². The molecule has 2 heteroatoms. The predicted molar refractivity (Wildman–Crippen MR) is 72.0 cm³/mol. The number of hydrogen-bond donors (Lipinski definition) is 1. The Hall–Kier alpha value is -1.31. The zero-order valence-corrected chi connectivity index (χ0v) is 11.5. The number of primary amides is 1. The molecule has 0 aliphatic carbocycles. The van der Waals surface area contributed by atoms with Crippen LogP contribution >= 0.6 is 0 Å². The molecule has 0 aromatic heterocycles. The fourth-order valence-corrected chi connectivity index (χ4v) is 1.94. The van der Waals surface area contributed by atoms with E-state index in [0.29, 0.717) is 6.42 Å². The molecule has 1 aromatic carbocycles. The van der Waals surface area contributed by atoms with Gasteiger partial charge in [0.15, 0.2) is 0 Å². The van der Waals surface area contributed by atoms with Crippen LogP contribution < -0.4 is 5.73 Å². The van der Waals surface area contributed by atoms with E-state index >= 15 is 0 Å². The Balaban J connectivity index is 3.11. The molecule has 0 fully saturated rings. The van der Waals surface area contributed by atoms with Gasteiger partial charge in [0.05, 0.1) is 0 Å². The van der Waals surface area contributed by atoms with Crippen LogP contribution in [0, 0.1) is 0 Å². The van der Waals surface area contributed by atoms with Gasteiger partial charge in [-0.05, 0) is 22.0 Å². The van der Waals surface area contributed by atoms with Crippen molar-refractivity contribution in [1.82, 2.24) is 0 Å². The highest BCUT2D eigenvalue weighted by molar-refractivity contribution is 5.75. The van der Waals surface area contributed by atoms with Crippen molar-refractivity contribution in [3.05, 3.63) is 35.4 Å². The first kappa shape index (κ1) is 13.8. The number of hydrogen-bond acceptors (Lipinski definition) is 1.